The highest BCUT2D eigenvalue weighted by atomic mass is 32.2. The average Bonchev–Trinajstić information content (AvgIpc) is 2.73. The molecule has 0 aromatic heterocycles. The summed E-state index contributed by atoms with van der Waals surface area (Å²) >= 11 is 0. The number of aliphatic hydroxyl groups is 1. The highest BCUT2D eigenvalue weighted by Crippen LogP contribution is 2.41. The molecule has 8 heteroatoms. The highest BCUT2D eigenvalue weighted by molar-refractivity contribution is 7.88. The van der Waals surface area contributed by atoms with Crippen LogP contribution in [-0.2, 0) is 19.6 Å². The molecule has 0 saturated carbocycles. The van der Waals surface area contributed by atoms with Gasteiger partial charge in [0.25, 0.3) is 0 Å². The average molecular weight is 304 g/mol. The van der Waals surface area contributed by atoms with Gasteiger partial charge < -0.3 is 10.0 Å². The van der Waals surface area contributed by atoms with Gasteiger partial charge in [0.1, 0.15) is 11.6 Å². The third-order valence-corrected chi connectivity index (χ3v) is 5.46. The molecule has 2 aliphatic heterocycles. The lowest BCUT2D eigenvalue weighted by Crippen LogP contribution is -2.76. The van der Waals surface area contributed by atoms with E-state index < -0.39 is 27.7 Å². The van der Waals surface area contributed by atoms with Gasteiger partial charge >= 0.3 is 0 Å². The second kappa shape index (κ2) is 4.78. The van der Waals surface area contributed by atoms with Crippen molar-refractivity contribution < 1.29 is 23.1 Å². The Kier molecular flexibility index (Phi) is 3.68. The zero-order valence-electron chi connectivity index (χ0n) is 11.9. The zero-order chi connectivity index (χ0) is 15.3. The Morgan fingerprint density at radius 2 is 2.05 bits per heavy atom. The van der Waals surface area contributed by atoms with Crippen LogP contribution in [-0.4, -0.2) is 71.4 Å². The van der Waals surface area contributed by atoms with E-state index in [4.69, 9.17) is 0 Å². The molecule has 1 N–H and O–H groups in total. The minimum absolute atomic E-state index is 0.175. The summed E-state index contributed by atoms with van der Waals surface area (Å²) in [6, 6.07) is -0.893. The molecule has 0 aliphatic carbocycles. The van der Waals surface area contributed by atoms with Crippen LogP contribution >= 0.6 is 0 Å². The van der Waals surface area contributed by atoms with Crippen LogP contribution < -0.4 is 0 Å². The molecule has 0 aromatic carbocycles. The maximum Gasteiger partial charge on any atom is 0.246 e. The topological polar surface area (TPSA) is 95.0 Å². The molecule has 2 aliphatic rings. The van der Waals surface area contributed by atoms with Crippen molar-refractivity contribution >= 4 is 21.7 Å². The Morgan fingerprint density at radius 1 is 1.45 bits per heavy atom. The van der Waals surface area contributed by atoms with Gasteiger partial charge in [-0.05, 0) is 26.7 Å². The third kappa shape index (κ3) is 2.15. The zero-order valence-corrected chi connectivity index (χ0v) is 12.7. The molecule has 7 nitrogen and oxygen atoms in total. The van der Waals surface area contributed by atoms with E-state index in [1.54, 1.807) is 0 Å². The van der Waals surface area contributed by atoms with Crippen molar-refractivity contribution in [3.63, 3.8) is 0 Å². The number of likely N-dealkylation sites (tertiary alicyclic amines) is 1. The van der Waals surface area contributed by atoms with Gasteiger partial charge in [-0.3, -0.25) is 9.59 Å². The van der Waals surface area contributed by atoms with Crippen molar-refractivity contribution in [1.29, 1.82) is 0 Å². The lowest BCUT2D eigenvalue weighted by molar-refractivity contribution is -0.167. The van der Waals surface area contributed by atoms with E-state index in [0.717, 1.165) is 6.26 Å². The van der Waals surface area contributed by atoms with Gasteiger partial charge in [-0.25, -0.2) is 8.42 Å². The number of amides is 1. The standard InChI is InChI=1S/C12H20N2O5S/c1-8(15)10(9(2)16)13-7-12(11(13)17)5-4-6-14(12)20(3,18)19/h8,10,15H,4-7H2,1-3H3. The van der Waals surface area contributed by atoms with E-state index in [1.165, 1.54) is 23.1 Å². The van der Waals surface area contributed by atoms with Crippen molar-refractivity contribution in [3.8, 4) is 0 Å². The Hall–Kier alpha value is -0.990. The predicted molar refractivity (Wildman–Crippen MR) is 71.4 cm³/mol. The van der Waals surface area contributed by atoms with Crippen molar-refractivity contribution in [2.45, 2.75) is 44.4 Å². The molecule has 114 valence electrons. The number of aliphatic hydroxyl groups excluding tert-OH is 1. The van der Waals surface area contributed by atoms with E-state index in [2.05, 4.69) is 0 Å². The number of carbonyl (C=O) groups is 2. The molecule has 1 spiro atoms. The van der Waals surface area contributed by atoms with Crippen molar-refractivity contribution in [3.05, 3.63) is 0 Å². The van der Waals surface area contributed by atoms with E-state index in [9.17, 15) is 23.1 Å². The summed E-state index contributed by atoms with van der Waals surface area (Å²) in [4.78, 5) is 25.3. The normalized spacial score (nSPS) is 30.4. The number of ketones is 1. The molecule has 2 fully saturated rings. The van der Waals surface area contributed by atoms with Gasteiger partial charge in [0.15, 0.2) is 5.78 Å². The van der Waals surface area contributed by atoms with Crippen LogP contribution in [0.15, 0.2) is 0 Å². The van der Waals surface area contributed by atoms with Crippen LogP contribution in [0.1, 0.15) is 26.7 Å². The second-order valence-corrected chi connectivity index (χ2v) is 7.61. The van der Waals surface area contributed by atoms with Crippen molar-refractivity contribution in [1.82, 2.24) is 9.21 Å². The first kappa shape index (κ1) is 15.4. The number of rotatable bonds is 4. The molecule has 3 unspecified atom stereocenters. The molecule has 0 radical (unpaired) electrons. The van der Waals surface area contributed by atoms with Crippen LogP contribution in [0.4, 0.5) is 0 Å². The summed E-state index contributed by atoms with van der Waals surface area (Å²) in [6.07, 6.45) is 1.22. The fraction of sp³-hybridized carbons (Fsp3) is 0.833. The van der Waals surface area contributed by atoms with E-state index >= 15 is 0 Å². The van der Waals surface area contributed by atoms with Gasteiger partial charge in [-0.2, -0.15) is 4.31 Å². The monoisotopic (exact) mass is 304 g/mol. The number of carbonyl (C=O) groups excluding carboxylic acids is 2. The van der Waals surface area contributed by atoms with Gasteiger partial charge in [0.2, 0.25) is 15.9 Å². The molecule has 0 aromatic rings. The largest absolute Gasteiger partial charge is 0.391 e. The number of sulfonamides is 1. The smallest absolute Gasteiger partial charge is 0.246 e. The summed E-state index contributed by atoms with van der Waals surface area (Å²) < 4.78 is 24.8. The number of hydrogen-bond donors (Lipinski definition) is 1. The number of hydrogen-bond acceptors (Lipinski definition) is 5. The highest BCUT2D eigenvalue weighted by Gasteiger charge is 2.62. The molecule has 2 heterocycles. The summed E-state index contributed by atoms with van der Waals surface area (Å²) in [5, 5.41) is 9.65. The summed E-state index contributed by atoms with van der Waals surface area (Å²) in [5.41, 5.74) is -1.03. The molecular formula is C12H20N2O5S. The predicted octanol–water partition coefficient (Wildman–Crippen LogP) is -1.04. The fourth-order valence-electron chi connectivity index (χ4n) is 3.35. The van der Waals surface area contributed by atoms with Crippen LogP contribution in [0.5, 0.6) is 0 Å². The molecule has 2 saturated heterocycles. The molecule has 20 heavy (non-hydrogen) atoms. The third-order valence-electron chi connectivity index (χ3n) is 4.13. The van der Waals surface area contributed by atoms with Gasteiger partial charge in [0, 0.05) is 6.54 Å². The van der Waals surface area contributed by atoms with E-state index in [0.29, 0.717) is 19.4 Å². The van der Waals surface area contributed by atoms with Gasteiger partial charge in [-0.1, -0.05) is 0 Å². The van der Waals surface area contributed by atoms with Crippen LogP contribution in [0.25, 0.3) is 0 Å². The summed E-state index contributed by atoms with van der Waals surface area (Å²) in [7, 11) is -3.46. The Labute approximate surface area is 118 Å². The minimum Gasteiger partial charge on any atom is -0.391 e. The molecule has 3 atom stereocenters. The summed E-state index contributed by atoms with van der Waals surface area (Å²) in [6.45, 7) is 3.28. The first-order valence-electron chi connectivity index (χ1n) is 6.58. The minimum atomic E-state index is -3.46. The van der Waals surface area contributed by atoms with Crippen LogP contribution in [0.2, 0.25) is 0 Å². The number of β-lactam (4-membered cyclic amide) rings is 1. The Balaban J connectivity index is 2.25. The number of nitrogens with zero attached hydrogens (tertiary/aromatic N) is 2. The Bertz CT molecular complexity index is 544. The lowest BCUT2D eigenvalue weighted by Gasteiger charge is -2.53. The second-order valence-electron chi connectivity index (χ2n) is 5.70. The maximum absolute atomic E-state index is 12.4. The van der Waals surface area contributed by atoms with Gasteiger partial charge in [-0.15, -0.1) is 0 Å². The van der Waals surface area contributed by atoms with Gasteiger partial charge in [0.05, 0.1) is 18.9 Å². The molecular weight excluding hydrogens is 284 g/mol. The molecule has 2 rings (SSSR count). The quantitative estimate of drug-likeness (QED) is 0.670. The van der Waals surface area contributed by atoms with Crippen molar-refractivity contribution in [2.24, 2.45) is 0 Å². The number of Topliss-reactive ketones (excluding diaryl/α,β-unsaturated/α-hetero) is 1. The SMILES string of the molecule is CC(=O)C(C(C)O)N1CC2(CCCN2S(C)(=O)=O)C1=O. The fourth-order valence-corrected chi connectivity index (χ4v) is 4.67. The van der Waals surface area contributed by atoms with E-state index in [1.807, 2.05) is 0 Å². The van der Waals surface area contributed by atoms with Crippen LogP contribution in [0, 0.1) is 0 Å². The first-order valence-corrected chi connectivity index (χ1v) is 8.43. The molecule has 1 amide bonds. The van der Waals surface area contributed by atoms with Crippen molar-refractivity contribution in [2.75, 3.05) is 19.3 Å². The summed E-state index contributed by atoms with van der Waals surface area (Å²) in [5.74, 6) is -0.673. The first-order chi connectivity index (χ1) is 9.11. The Morgan fingerprint density at radius 3 is 2.45 bits per heavy atom. The molecule has 0 bridgehead atoms. The maximum atomic E-state index is 12.4. The van der Waals surface area contributed by atoms with Crippen LogP contribution in [0.3, 0.4) is 0 Å². The van der Waals surface area contributed by atoms with E-state index in [-0.39, 0.29) is 18.2 Å². The lowest BCUT2D eigenvalue weighted by atomic mass is 9.84.